The highest BCUT2D eigenvalue weighted by atomic mass is 32.2. The Morgan fingerprint density at radius 3 is 2.65 bits per heavy atom. The summed E-state index contributed by atoms with van der Waals surface area (Å²) in [5.41, 5.74) is 1.91. The molecule has 0 saturated carbocycles. The third-order valence-corrected chi connectivity index (χ3v) is 5.70. The molecule has 4 nitrogen and oxygen atoms in total. The molecule has 20 heavy (non-hydrogen) atoms. The fourth-order valence-electron chi connectivity index (χ4n) is 1.48. The van der Waals surface area contributed by atoms with Crippen LogP contribution in [0, 0.1) is 6.92 Å². The molecular formula is C13H15N3OS3. The van der Waals surface area contributed by atoms with E-state index in [9.17, 15) is 4.79 Å². The highest BCUT2D eigenvalue weighted by molar-refractivity contribution is 8.03. The minimum absolute atomic E-state index is 0.0230. The number of carbonyl (C=O) groups is 1. The number of rotatable bonds is 5. The lowest BCUT2D eigenvalue weighted by molar-refractivity contribution is -0.115. The smallest absolute Gasteiger partial charge is 0.237 e. The molecule has 0 saturated heterocycles. The molecule has 1 heterocycles. The molecule has 0 spiro atoms. The Hall–Kier alpha value is -1.05. The van der Waals surface area contributed by atoms with Crippen molar-refractivity contribution in [2.24, 2.45) is 0 Å². The average Bonchev–Trinajstić information content (AvgIpc) is 2.89. The number of hydrogen-bond acceptors (Lipinski definition) is 6. The van der Waals surface area contributed by atoms with Gasteiger partial charge in [0.25, 0.3) is 0 Å². The number of para-hydroxylation sites is 1. The molecule has 0 fully saturated rings. The highest BCUT2D eigenvalue weighted by Crippen LogP contribution is 2.30. The predicted molar refractivity (Wildman–Crippen MR) is 86.8 cm³/mol. The lowest BCUT2D eigenvalue weighted by Gasteiger charge is -2.11. The van der Waals surface area contributed by atoms with Crippen LogP contribution in [0.4, 0.5) is 5.69 Å². The number of aromatic nitrogens is 2. The monoisotopic (exact) mass is 325 g/mol. The zero-order valence-corrected chi connectivity index (χ0v) is 13.9. The van der Waals surface area contributed by atoms with E-state index in [0.717, 1.165) is 19.9 Å². The Morgan fingerprint density at radius 2 is 2.00 bits per heavy atom. The van der Waals surface area contributed by atoms with Gasteiger partial charge in [0.1, 0.15) is 0 Å². The van der Waals surface area contributed by atoms with Crippen LogP contribution in [-0.2, 0) is 4.79 Å². The summed E-state index contributed by atoms with van der Waals surface area (Å²) in [6.07, 6.45) is 1.96. The Bertz CT molecular complexity index is 600. The number of amides is 1. The number of benzene rings is 1. The summed E-state index contributed by atoms with van der Waals surface area (Å²) in [6.45, 7) is 3.85. The van der Waals surface area contributed by atoms with E-state index in [1.54, 1.807) is 11.8 Å². The van der Waals surface area contributed by atoms with Crippen LogP contribution in [0.1, 0.15) is 12.5 Å². The van der Waals surface area contributed by atoms with Gasteiger partial charge in [0.2, 0.25) is 5.91 Å². The third-order valence-electron chi connectivity index (χ3n) is 2.61. The largest absolute Gasteiger partial charge is 0.325 e. The van der Waals surface area contributed by atoms with Crippen molar-refractivity contribution in [2.45, 2.75) is 27.8 Å². The maximum absolute atomic E-state index is 12.2. The Morgan fingerprint density at radius 1 is 1.30 bits per heavy atom. The standard InChI is InChI=1S/C13H15N3OS3/c1-8-6-4-5-7-10(8)14-11(17)9(2)19-13-16-15-12(18-3)20-13/h4-7,9H,1-3H3,(H,14,17). The van der Waals surface area contributed by atoms with Gasteiger partial charge >= 0.3 is 0 Å². The van der Waals surface area contributed by atoms with Gasteiger partial charge in [0, 0.05) is 5.69 Å². The van der Waals surface area contributed by atoms with Crippen molar-refractivity contribution in [3.63, 3.8) is 0 Å². The Labute approximate surface area is 130 Å². The molecule has 1 N–H and O–H groups in total. The number of nitrogens with zero attached hydrogens (tertiary/aromatic N) is 2. The van der Waals surface area contributed by atoms with Crippen molar-refractivity contribution >= 4 is 46.5 Å². The lowest BCUT2D eigenvalue weighted by Crippen LogP contribution is -2.22. The van der Waals surface area contributed by atoms with Gasteiger partial charge in [0.05, 0.1) is 5.25 Å². The molecule has 1 amide bonds. The van der Waals surface area contributed by atoms with Crippen LogP contribution in [0.15, 0.2) is 32.9 Å². The molecule has 2 rings (SSSR count). The fraction of sp³-hybridized carbons (Fsp3) is 0.308. The summed E-state index contributed by atoms with van der Waals surface area (Å²) in [5, 5.41) is 10.8. The second-order valence-corrected chi connectivity index (χ2v) is 7.72. The third kappa shape index (κ3) is 3.97. The molecule has 1 aromatic heterocycles. The Kier molecular flexibility index (Phi) is 5.45. The maximum atomic E-state index is 12.2. The molecule has 7 heteroatoms. The van der Waals surface area contributed by atoms with E-state index < -0.39 is 0 Å². The van der Waals surface area contributed by atoms with Crippen molar-refractivity contribution in [3.05, 3.63) is 29.8 Å². The number of aryl methyl sites for hydroxylation is 1. The van der Waals surface area contributed by atoms with E-state index in [4.69, 9.17) is 0 Å². The van der Waals surface area contributed by atoms with Crippen LogP contribution in [-0.4, -0.2) is 27.6 Å². The van der Waals surface area contributed by atoms with E-state index in [2.05, 4.69) is 15.5 Å². The van der Waals surface area contributed by atoms with E-state index in [1.165, 1.54) is 23.1 Å². The molecule has 0 bridgehead atoms. The number of thioether (sulfide) groups is 2. The van der Waals surface area contributed by atoms with Crippen LogP contribution in [0.25, 0.3) is 0 Å². The second kappa shape index (κ2) is 7.10. The van der Waals surface area contributed by atoms with E-state index in [0.29, 0.717) is 0 Å². The number of hydrogen-bond donors (Lipinski definition) is 1. The molecule has 0 aliphatic rings. The van der Waals surface area contributed by atoms with Gasteiger partial charge in [-0.3, -0.25) is 4.79 Å². The molecule has 0 aliphatic carbocycles. The minimum atomic E-state index is -0.211. The quantitative estimate of drug-likeness (QED) is 0.850. The molecule has 1 atom stereocenters. The van der Waals surface area contributed by atoms with Gasteiger partial charge in [0.15, 0.2) is 8.68 Å². The van der Waals surface area contributed by atoms with E-state index >= 15 is 0 Å². The van der Waals surface area contributed by atoms with Gasteiger partial charge < -0.3 is 5.32 Å². The fourth-order valence-corrected chi connectivity index (χ4v) is 4.06. The van der Waals surface area contributed by atoms with Crippen molar-refractivity contribution in [2.75, 3.05) is 11.6 Å². The summed E-state index contributed by atoms with van der Waals surface area (Å²) in [4.78, 5) is 12.2. The summed E-state index contributed by atoms with van der Waals surface area (Å²) >= 11 is 4.50. The normalized spacial score (nSPS) is 12.2. The minimum Gasteiger partial charge on any atom is -0.325 e. The first-order chi connectivity index (χ1) is 9.60. The zero-order valence-electron chi connectivity index (χ0n) is 11.4. The molecule has 1 aromatic carbocycles. The van der Waals surface area contributed by atoms with Crippen molar-refractivity contribution < 1.29 is 4.79 Å². The van der Waals surface area contributed by atoms with Gasteiger partial charge in [-0.25, -0.2) is 0 Å². The first kappa shape index (κ1) is 15.3. The highest BCUT2D eigenvalue weighted by Gasteiger charge is 2.17. The first-order valence-corrected chi connectivity index (χ1v) is 8.93. The van der Waals surface area contributed by atoms with E-state index in [1.807, 2.05) is 44.4 Å². The Balaban J connectivity index is 1.97. The molecule has 0 radical (unpaired) electrons. The molecule has 106 valence electrons. The summed E-state index contributed by atoms with van der Waals surface area (Å²) in [7, 11) is 0. The van der Waals surface area contributed by atoms with Crippen LogP contribution >= 0.6 is 34.9 Å². The van der Waals surface area contributed by atoms with Crippen LogP contribution < -0.4 is 5.32 Å². The maximum Gasteiger partial charge on any atom is 0.237 e. The number of anilines is 1. The lowest BCUT2D eigenvalue weighted by atomic mass is 10.2. The van der Waals surface area contributed by atoms with Crippen molar-refractivity contribution in [1.82, 2.24) is 10.2 Å². The molecular weight excluding hydrogens is 310 g/mol. The topological polar surface area (TPSA) is 54.9 Å². The van der Waals surface area contributed by atoms with Crippen molar-refractivity contribution in [3.8, 4) is 0 Å². The molecule has 2 aromatic rings. The van der Waals surface area contributed by atoms with Crippen LogP contribution in [0.2, 0.25) is 0 Å². The molecule has 1 unspecified atom stereocenters. The van der Waals surface area contributed by atoms with Gasteiger partial charge in [-0.15, -0.1) is 10.2 Å². The predicted octanol–water partition coefficient (Wildman–Crippen LogP) is 3.69. The first-order valence-electron chi connectivity index (χ1n) is 6.01. The number of carbonyl (C=O) groups excluding carboxylic acids is 1. The average molecular weight is 325 g/mol. The van der Waals surface area contributed by atoms with Crippen LogP contribution in [0.5, 0.6) is 0 Å². The summed E-state index contributed by atoms with van der Waals surface area (Å²) in [5.74, 6) is -0.0230. The zero-order chi connectivity index (χ0) is 14.5. The summed E-state index contributed by atoms with van der Waals surface area (Å²) < 4.78 is 1.74. The van der Waals surface area contributed by atoms with Crippen LogP contribution in [0.3, 0.4) is 0 Å². The van der Waals surface area contributed by atoms with E-state index in [-0.39, 0.29) is 11.2 Å². The second-order valence-electron chi connectivity index (χ2n) is 4.10. The van der Waals surface area contributed by atoms with Gasteiger partial charge in [-0.05, 0) is 31.7 Å². The molecule has 0 aliphatic heterocycles. The SMILES string of the molecule is CSc1nnc(SC(C)C(=O)Nc2ccccc2C)s1. The van der Waals surface area contributed by atoms with Crippen molar-refractivity contribution in [1.29, 1.82) is 0 Å². The number of nitrogens with one attached hydrogen (secondary N) is 1. The van der Waals surface area contributed by atoms with Gasteiger partial charge in [-0.2, -0.15) is 0 Å². The summed E-state index contributed by atoms with van der Waals surface area (Å²) in [6, 6.07) is 7.74. The van der Waals surface area contributed by atoms with Gasteiger partial charge in [-0.1, -0.05) is 53.1 Å².